The molecule has 3 amide bonds. The van der Waals surface area contributed by atoms with Crippen molar-refractivity contribution in [1.82, 2.24) is 34.5 Å². The maximum Gasteiger partial charge on any atom is 0.410 e. The first-order valence-electron chi connectivity index (χ1n) is 25.0. The van der Waals surface area contributed by atoms with Gasteiger partial charge >= 0.3 is 12.2 Å². The first-order chi connectivity index (χ1) is 31.9. The summed E-state index contributed by atoms with van der Waals surface area (Å²) in [6, 6.07) is 1.25. The Labute approximate surface area is 421 Å². The van der Waals surface area contributed by atoms with Crippen molar-refractivity contribution in [3.8, 4) is 0 Å². The lowest BCUT2D eigenvalue weighted by atomic mass is 9.93. The number of ether oxygens (including phenoxy) is 2. The van der Waals surface area contributed by atoms with E-state index in [-0.39, 0.29) is 59.9 Å². The first kappa shape index (κ1) is 55.6. The molecule has 69 heavy (non-hydrogen) atoms. The van der Waals surface area contributed by atoms with Crippen molar-refractivity contribution in [3.05, 3.63) is 48.1 Å². The van der Waals surface area contributed by atoms with Gasteiger partial charge in [0.1, 0.15) is 29.0 Å². The second-order valence-corrected chi connectivity index (χ2v) is 22.3. The monoisotopic (exact) mass is 1000 g/mol. The van der Waals surface area contributed by atoms with Crippen LogP contribution in [0.2, 0.25) is 0 Å². The molecule has 7 aliphatic rings. The number of fused-ring (bicyclic) bond motifs is 1. The molecule has 3 aromatic rings. The van der Waals surface area contributed by atoms with Gasteiger partial charge in [0.15, 0.2) is 11.5 Å². The highest BCUT2D eigenvalue weighted by atomic mass is 35.5. The van der Waals surface area contributed by atoms with E-state index in [1.54, 1.807) is 29.9 Å². The maximum atomic E-state index is 14.2. The lowest BCUT2D eigenvalue weighted by Crippen LogP contribution is -2.52. The van der Waals surface area contributed by atoms with Crippen LogP contribution in [0, 0.1) is 54.2 Å². The van der Waals surface area contributed by atoms with Gasteiger partial charge in [0, 0.05) is 57.7 Å². The minimum absolute atomic E-state index is 0. The number of imidazole rings is 1. The highest BCUT2D eigenvalue weighted by Crippen LogP contribution is 2.38. The zero-order valence-corrected chi connectivity index (χ0v) is 43.6. The van der Waals surface area contributed by atoms with Crippen molar-refractivity contribution < 1.29 is 33.0 Å². The molecule has 384 valence electrons. The molecule has 4 saturated heterocycles. The molecule has 0 bridgehead atoms. The molecule has 4 aliphatic heterocycles. The number of carbonyl (C=O) groups is 4. The second kappa shape index (κ2) is 24.7. The largest absolute Gasteiger partial charge is 0.444 e. The van der Waals surface area contributed by atoms with E-state index in [4.69, 9.17) is 9.47 Å². The van der Waals surface area contributed by atoms with E-state index in [1.165, 1.54) is 107 Å². The van der Waals surface area contributed by atoms with E-state index in [2.05, 4.69) is 30.5 Å². The Kier molecular flexibility index (Phi) is 19.9. The van der Waals surface area contributed by atoms with Crippen molar-refractivity contribution >= 4 is 66.3 Å². The van der Waals surface area contributed by atoms with Gasteiger partial charge < -0.3 is 44.0 Å². The predicted molar refractivity (Wildman–Crippen MR) is 271 cm³/mol. The van der Waals surface area contributed by atoms with Crippen LogP contribution in [-0.2, 0) is 14.3 Å². The fourth-order valence-corrected chi connectivity index (χ4v) is 8.47. The number of amides is 3. The van der Waals surface area contributed by atoms with Crippen molar-refractivity contribution in [2.24, 2.45) is 41.4 Å². The third-order valence-electron chi connectivity index (χ3n) is 13.3. The van der Waals surface area contributed by atoms with Gasteiger partial charge in [-0.2, -0.15) is 0 Å². The summed E-state index contributed by atoms with van der Waals surface area (Å²) in [6.07, 6.45) is 23.9. The molecule has 3 aromatic heterocycles. The minimum Gasteiger partial charge on any atom is -0.444 e. The van der Waals surface area contributed by atoms with E-state index >= 15 is 0 Å². The smallest absolute Gasteiger partial charge is 0.410 e. The summed E-state index contributed by atoms with van der Waals surface area (Å²) in [5, 5.41) is 5.98. The van der Waals surface area contributed by atoms with Gasteiger partial charge in [-0.25, -0.2) is 28.9 Å². The van der Waals surface area contributed by atoms with Gasteiger partial charge in [0.05, 0.1) is 29.7 Å². The van der Waals surface area contributed by atoms with Crippen LogP contribution < -0.4 is 15.5 Å². The molecule has 7 fully saturated rings. The number of aromatic nitrogens is 4. The van der Waals surface area contributed by atoms with E-state index in [0.29, 0.717) is 24.5 Å². The van der Waals surface area contributed by atoms with E-state index in [0.717, 1.165) is 73.8 Å². The predicted octanol–water partition coefficient (Wildman–Crippen LogP) is 9.79. The van der Waals surface area contributed by atoms with E-state index in [9.17, 15) is 23.6 Å². The quantitative estimate of drug-likeness (QED) is 0.157. The summed E-state index contributed by atoms with van der Waals surface area (Å²) in [5.41, 5.74) is 0.648. The van der Waals surface area contributed by atoms with Gasteiger partial charge in [0.25, 0.3) is 5.91 Å². The van der Waals surface area contributed by atoms with Crippen LogP contribution in [0.3, 0.4) is 0 Å². The topological polar surface area (TPSA) is 164 Å². The lowest BCUT2D eigenvalue weighted by molar-refractivity contribution is -0.115. The van der Waals surface area contributed by atoms with Crippen LogP contribution in [-0.4, -0.2) is 117 Å². The van der Waals surface area contributed by atoms with Crippen molar-refractivity contribution in [1.29, 1.82) is 0 Å². The fraction of sp³-hybridized carbons (Fsp3) is 0.706. The summed E-state index contributed by atoms with van der Waals surface area (Å²) in [5.74, 6) is 5.54. The van der Waals surface area contributed by atoms with Gasteiger partial charge in [-0.1, -0.05) is 57.8 Å². The molecule has 0 radical (unpaired) electrons. The van der Waals surface area contributed by atoms with Crippen LogP contribution in [0.1, 0.15) is 135 Å². The average molecular weight is 1000 g/mol. The molecule has 10 rings (SSSR count). The lowest BCUT2D eigenvalue weighted by Gasteiger charge is -2.40. The molecule has 3 saturated carbocycles. The number of anilines is 2. The summed E-state index contributed by atoms with van der Waals surface area (Å²) < 4.78 is 26.1. The normalized spacial score (nSPS) is 19.2. The molecule has 7 heterocycles. The standard InChI is InChI=1S/C21H23FN6O.C13H23NO2.C9H15NO3.C8H15N.2ClH/c1-13-9-28-12-16(6-17(22)20(28)25-13)26-21(29)18-7-24-19(8-23-18)27-10-15(11-27)5-4-14-2-3-14;1-13(2,3)16-12(15)14-8-11(9-14)7-6-10-4-5-10;1-9(2,3)13-8(12)10-4-7(5-10)6-11;1-2-7(1)3-4-8-5-9-6-8;;/h6-9,12,14-15H,2-5,10-11H2,1H3,(H,26,29);10-11H,4-9H2,1-3H3;6-7H,4-5H2,1-3H3;7-9H,1-6H2;2*1H. The number of likely N-dealkylation sites (tertiary alicyclic amines) is 2. The van der Waals surface area contributed by atoms with Gasteiger partial charge in [-0.05, 0) is 116 Å². The molecule has 3 aliphatic carbocycles. The summed E-state index contributed by atoms with van der Waals surface area (Å²) in [7, 11) is 0. The molecule has 0 atom stereocenters. The molecular weight excluding hydrogens is 925 g/mol. The number of aryl methyl sites for hydroxylation is 1. The molecule has 18 heteroatoms. The molecule has 0 spiro atoms. The molecule has 0 unspecified atom stereocenters. The van der Waals surface area contributed by atoms with E-state index in [1.807, 2.05) is 46.4 Å². The number of carbonyl (C=O) groups excluding carboxylic acids is 4. The van der Waals surface area contributed by atoms with Crippen molar-refractivity contribution in [2.75, 3.05) is 62.6 Å². The number of nitrogens with zero attached hydrogens (tertiary/aromatic N) is 7. The number of rotatable bonds is 13. The van der Waals surface area contributed by atoms with Crippen molar-refractivity contribution in [3.63, 3.8) is 0 Å². The number of pyridine rings is 1. The van der Waals surface area contributed by atoms with Gasteiger partial charge in [0.2, 0.25) is 0 Å². The number of nitrogens with one attached hydrogen (secondary N) is 2. The first-order valence-corrected chi connectivity index (χ1v) is 25.0. The molecule has 15 nitrogen and oxygen atoms in total. The second-order valence-electron chi connectivity index (χ2n) is 22.3. The number of hydrogen-bond donors (Lipinski definition) is 2. The fourth-order valence-electron chi connectivity index (χ4n) is 8.47. The van der Waals surface area contributed by atoms with Crippen LogP contribution in [0.25, 0.3) is 5.65 Å². The zero-order chi connectivity index (χ0) is 47.9. The summed E-state index contributed by atoms with van der Waals surface area (Å²) >= 11 is 0. The van der Waals surface area contributed by atoms with Crippen LogP contribution in [0.5, 0.6) is 0 Å². The Bertz CT molecular complexity index is 2130. The van der Waals surface area contributed by atoms with Crippen LogP contribution >= 0.6 is 24.8 Å². The van der Waals surface area contributed by atoms with Crippen LogP contribution in [0.15, 0.2) is 30.9 Å². The van der Waals surface area contributed by atoms with Gasteiger partial charge in [-0.3, -0.25) is 4.79 Å². The minimum atomic E-state index is -0.494. The number of aldehydes is 1. The number of halogens is 3. The third kappa shape index (κ3) is 18.1. The molecule has 0 aromatic carbocycles. The summed E-state index contributed by atoms with van der Waals surface area (Å²) in [4.78, 5) is 63.9. The third-order valence-corrected chi connectivity index (χ3v) is 13.3. The Balaban J connectivity index is 0.000000188. The SMILES string of the molecule is C1CC1CCC1CNC1.CC(C)(C)OC(=O)N1CC(C=O)C1.CC(C)(C)OC(=O)N1CC(CCC2CC2)C1.Cc1cn2cc(NC(=O)c3cnc(N4CC(CCC5CC5)C4)cn3)cc(F)c2n1.Cl.Cl. The highest BCUT2D eigenvalue weighted by molar-refractivity contribution is 6.02. The Morgan fingerprint density at radius 2 is 1.20 bits per heavy atom. The van der Waals surface area contributed by atoms with Crippen molar-refractivity contribution in [2.45, 2.75) is 137 Å². The zero-order valence-electron chi connectivity index (χ0n) is 41.9. The Morgan fingerprint density at radius 3 is 1.65 bits per heavy atom. The van der Waals surface area contributed by atoms with Gasteiger partial charge in [-0.15, -0.1) is 24.8 Å². The highest BCUT2D eigenvalue weighted by Gasteiger charge is 2.36. The molecular formula is C51H78Cl2FN9O6. The summed E-state index contributed by atoms with van der Waals surface area (Å²) in [6.45, 7) is 20.4. The van der Waals surface area contributed by atoms with Crippen LogP contribution in [0.4, 0.5) is 25.5 Å². The molecule has 2 N–H and O–H groups in total. The Hall–Kier alpha value is -4.28. The maximum absolute atomic E-state index is 14.2. The Morgan fingerprint density at radius 1 is 0.710 bits per heavy atom. The average Bonchev–Trinajstić information content (AvgIpc) is 4.04. The van der Waals surface area contributed by atoms with E-state index < -0.39 is 17.3 Å². The number of hydrogen-bond acceptors (Lipinski definition) is 11.